The number of halogens is 1. The van der Waals surface area contributed by atoms with E-state index in [9.17, 15) is 4.79 Å². The van der Waals surface area contributed by atoms with Crippen molar-refractivity contribution in [1.82, 2.24) is 5.48 Å². The van der Waals surface area contributed by atoms with Gasteiger partial charge < -0.3 is 4.84 Å². The molecule has 0 saturated heterocycles. The van der Waals surface area contributed by atoms with Gasteiger partial charge in [0.1, 0.15) is 0 Å². The maximum Gasteiger partial charge on any atom is 0.356 e. The van der Waals surface area contributed by atoms with E-state index >= 15 is 0 Å². The van der Waals surface area contributed by atoms with Crippen molar-refractivity contribution in [2.45, 2.75) is 6.92 Å². The van der Waals surface area contributed by atoms with Crippen LogP contribution in [0.4, 0.5) is 0 Å². The number of carbonyl (C=O) groups excluding carboxylic acids is 1. The molecule has 0 atom stereocenters. The van der Waals surface area contributed by atoms with E-state index in [4.69, 9.17) is 0 Å². The summed E-state index contributed by atoms with van der Waals surface area (Å²) in [6.45, 7) is 1.92. The van der Waals surface area contributed by atoms with E-state index in [1.54, 1.807) is 19.2 Å². The first-order chi connectivity index (χ1) is 6.13. The second kappa shape index (κ2) is 4.39. The van der Waals surface area contributed by atoms with Gasteiger partial charge in [0, 0.05) is 11.5 Å². The Morgan fingerprint density at radius 2 is 2.15 bits per heavy atom. The fraction of sp³-hybridized carbons (Fsp3) is 0.222. The van der Waals surface area contributed by atoms with Crippen molar-refractivity contribution in [1.29, 1.82) is 0 Å². The molecule has 0 aliphatic rings. The third kappa shape index (κ3) is 2.82. The van der Waals surface area contributed by atoms with Crippen LogP contribution >= 0.6 is 15.9 Å². The van der Waals surface area contributed by atoms with Gasteiger partial charge in [-0.05, 0) is 30.7 Å². The van der Waals surface area contributed by atoms with Crippen molar-refractivity contribution < 1.29 is 9.63 Å². The van der Waals surface area contributed by atoms with E-state index in [1.165, 1.54) is 0 Å². The molecule has 1 rings (SSSR count). The molecule has 0 bridgehead atoms. The Balaban J connectivity index is 2.94. The Bertz CT molecular complexity index is 305. The predicted octanol–water partition coefficient (Wildman–Crippen LogP) is 2.05. The van der Waals surface area contributed by atoms with Gasteiger partial charge in [0.05, 0.1) is 5.56 Å². The molecule has 0 aliphatic heterocycles. The second-order valence-electron chi connectivity index (χ2n) is 2.61. The lowest BCUT2D eigenvalue weighted by atomic mass is 10.1. The number of nitrogens with one attached hydrogen (secondary N) is 1. The Labute approximate surface area is 85.2 Å². The molecule has 3 nitrogen and oxygen atoms in total. The summed E-state index contributed by atoms with van der Waals surface area (Å²) in [6, 6.07) is 5.41. The number of rotatable bonds is 2. The number of benzene rings is 1. The number of aryl methyl sites for hydroxylation is 1. The molecule has 0 saturated carbocycles. The van der Waals surface area contributed by atoms with Crippen LogP contribution in [-0.4, -0.2) is 13.0 Å². The van der Waals surface area contributed by atoms with Gasteiger partial charge in [0.25, 0.3) is 0 Å². The Hall–Kier alpha value is -0.870. The average molecular weight is 244 g/mol. The van der Waals surface area contributed by atoms with Gasteiger partial charge in [-0.2, -0.15) is 5.48 Å². The van der Waals surface area contributed by atoms with Crippen molar-refractivity contribution in [3.05, 3.63) is 33.8 Å². The van der Waals surface area contributed by atoms with Gasteiger partial charge in [-0.25, -0.2) is 4.79 Å². The van der Waals surface area contributed by atoms with Crippen LogP contribution in [-0.2, 0) is 4.84 Å². The molecule has 0 amide bonds. The lowest BCUT2D eigenvalue weighted by Crippen LogP contribution is -2.15. The van der Waals surface area contributed by atoms with Crippen LogP contribution in [0.3, 0.4) is 0 Å². The van der Waals surface area contributed by atoms with Crippen LogP contribution in [0.15, 0.2) is 22.7 Å². The molecule has 1 N–H and O–H groups in total. The highest BCUT2D eigenvalue weighted by Gasteiger charge is 2.07. The van der Waals surface area contributed by atoms with E-state index in [0.29, 0.717) is 5.56 Å². The van der Waals surface area contributed by atoms with Gasteiger partial charge in [-0.3, -0.25) is 0 Å². The van der Waals surface area contributed by atoms with Crippen molar-refractivity contribution in [2.24, 2.45) is 0 Å². The highest BCUT2D eigenvalue weighted by Crippen LogP contribution is 2.15. The van der Waals surface area contributed by atoms with Gasteiger partial charge in [0.2, 0.25) is 0 Å². The highest BCUT2D eigenvalue weighted by molar-refractivity contribution is 9.10. The summed E-state index contributed by atoms with van der Waals surface area (Å²) in [4.78, 5) is 15.9. The maximum atomic E-state index is 11.2. The lowest BCUT2D eigenvalue weighted by Gasteiger charge is -2.03. The van der Waals surface area contributed by atoms with E-state index in [-0.39, 0.29) is 5.97 Å². The quantitative estimate of drug-likeness (QED) is 0.809. The predicted molar refractivity (Wildman–Crippen MR) is 53.4 cm³/mol. The van der Waals surface area contributed by atoms with E-state index in [0.717, 1.165) is 10.0 Å². The topological polar surface area (TPSA) is 38.3 Å². The first kappa shape index (κ1) is 10.2. The van der Waals surface area contributed by atoms with Crippen LogP contribution in [0.2, 0.25) is 0 Å². The van der Waals surface area contributed by atoms with Gasteiger partial charge in [0.15, 0.2) is 0 Å². The first-order valence-electron chi connectivity index (χ1n) is 3.78. The summed E-state index contributed by atoms with van der Waals surface area (Å²) in [5.74, 6) is -0.383. The van der Waals surface area contributed by atoms with Crippen LogP contribution < -0.4 is 5.48 Å². The molecular formula is C9H10BrNO2. The molecule has 13 heavy (non-hydrogen) atoms. The Morgan fingerprint density at radius 1 is 1.46 bits per heavy atom. The molecule has 1 aromatic rings. The summed E-state index contributed by atoms with van der Waals surface area (Å²) in [6.07, 6.45) is 0. The smallest absolute Gasteiger partial charge is 0.356 e. The molecule has 70 valence electrons. The fourth-order valence-electron chi connectivity index (χ4n) is 1.01. The van der Waals surface area contributed by atoms with E-state index < -0.39 is 0 Å². The SMILES string of the molecule is CNOC(=O)c1cc(C)cc(Br)c1. The zero-order valence-electron chi connectivity index (χ0n) is 7.43. The standard InChI is InChI=1S/C9H10BrNO2/c1-6-3-7(5-8(10)4-6)9(12)13-11-2/h3-5,11H,1-2H3. The molecule has 0 fully saturated rings. The minimum atomic E-state index is -0.383. The van der Waals surface area contributed by atoms with Crippen molar-refractivity contribution in [2.75, 3.05) is 7.05 Å². The largest absolute Gasteiger partial charge is 0.367 e. The molecule has 4 heteroatoms. The lowest BCUT2D eigenvalue weighted by molar-refractivity contribution is 0.0310. The number of hydrogen-bond donors (Lipinski definition) is 1. The minimum Gasteiger partial charge on any atom is -0.367 e. The second-order valence-corrected chi connectivity index (χ2v) is 3.53. The zero-order chi connectivity index (χ0) is 9.84. The average Bonchev–Trinajstić information content (AvgIpc) is 2.03. The summed E-state index contributed by atoms with van der Waals surface area (Å²) < 4.78 is 0.871. The van der Waals surface area contributed by atoms with Gasteiger partial charge in [-0.15, -0.1) is 0 Å². The maximum absolute atomic E-state index is 11.2. The molecule has 0 unspecified atom stereocenters. The molecular weight excluding hydrogens is 234 g/mol. The third-order valence-corrected chi connectivity index (χ3v) is 1.93. The number of carbonyl (C=O) groups is 1. The fourth-order valence-corrected chi connectivity index (χ4v) is 1.61. The molecule has 0 spiro atoms. The minimum absolute atomic E-state index is 0.383. The Morgan fingerprint density at radius 3 is 2.69 bits per heavy atom. The normalized spacial score (nSPS) is 9.77. The van der Waals surface area contributed by atoms with Gasteiger partial charge >= 0.3 is 5.97 Å². The van der Waals surface area contributed by atoms with Crippen molar-refractivity contribution in [3.8, 4) is 0 Å². The highest BCUT2D eigenvalue weighted by atomic mass is 79.9. The summed E-state index contributed by atoms with van der Waals surface area (Å²) in [7, 11) is 1.54. The summed E-state index contributed by atoms with van der Waals surface area (Å²) >= 11 is 3.30. The molecule has 0 aliphatic carbocycles. The van der Waals surface area contributed by atoms with Crippen LogP contribution in [0.1, 0.15) is 15.9 Å². The monoisotopic (exact) mass is 243 g/mol. The molecule has 0 radical (unpaired) electrons. The van der Waals surface area contributed by atoms with E-state index in [1.807, 2.05) is 13.0 Å². The van der Waals surface area contributed by atoms with Crippen LogP contribution in [0.5, 0.6) is 0 Å². The summed E-state index contributed by atoms with van der Waals surface area (Å²) in [5, 5.41) is 0. The molecule has 1 aromatic carbocycles. The van der Waals surface area contributed by atoms with Gasteiger partial charge in [-0.1, -0.05) is 15.9 Å². The number of hydroxylamine groups is 1. The molecule has 0 aromatic heterocycles. The third-order valence-electron chi connectivity index (χ3n) is 1.47. The van der Waals surface area contributed by atoms with Crippen LogP contribution in [0, 0.1) is 6.92 Å². The van der Waals surface area contributed by atoms with Crippen molar-refractivity contribution >= 4 is 21.9 Å². The Kier molecular flexibility index (Phi) is 3.45. The van der Waals surface area contributed by atoms with E-state index in [2.05, 4.69) is 26.2 Å². The number of hydrogen-bond acceptors (Lipinski definition) is 3. The van der Waals surface area contributed by atoms with Crippen molar-refractivity contribution in [3.63, 3.8) is 0 Å². The molecule has 0 heterocycles. The first-order valence-corrected chi connectivity index (χ1v) is 4.58. The summed E-state index contributed by atoms with van der Waals surface area (Å²) in [5.41, 5.74) is 3.88. The van der Waals surface area contributed by atoms with Crippen LogP contribution in [0.25, 0.3) is 0 Å². The zero-order valence-corrected chi connectivity index (χ0v) is 9.01.